The predicted octanol–water partition coefficient (Wildman–Crippen LogP) is 4.26. The monoisotopic (exact) mass is 371 g/mol. The van der Waals surface area contributed by atoms with Crippen LogP contribution in [0.4, 0.5) is 5.69 Å². The maximum Gasteiger partial charge on any atom is 0.375 e. The average molecular weight is 372 g/mol. The maximum atomic E-state index is 12.3. The van der Waals surface area contributed by atoms with Crippen LogP contribution in [-0.4, -0.2) is 36.4 Å². The highest BCUT2D eigenvalue weighted by Crippen LogP contribution is 2.26. The zero-order chi connectivity index (χ0) is 17.7. The third-order valence-electron chi connectivity index (χ3n) is 3.84. The molecular weight excluding hydrogens is 349 g/mol. The smallest absolute Gasteiger partial charge is 0.375 e. The van der Waals surface area contributed by atoms with Crippen LogP contribution in [0.2, 0.25) is 10.0 Å². The number of nitrogens with zero attached hydrogens (tertiary/aromatic N) is 2. The minimum Gasteiger partial charge on any atom is -0.460 e. The van der Waals surface area contributed by atoms with Gasteiger partial charge < -0.3 is 9.64 Å². The molecule has 24 heavy (non-hydrogen) atoms. The van der Waals surface area contributed by atoms with E-state index in [-0.39, 0.29) is 5.84 Å². The van der Waals surface area contributed by atoms with E-state index in [2.05, 4.69) is 24.4 Å². The van der Waals surface area contributed by atoms with Crippen molar-refractivity contribution in [3.63, 3.8) is 0 Å². The van der Waals surface area contributed by atoms with Crippen molar-refractivity contribution in [1.29, 1.82) is 0 Å². The largest absolute Gasteiger partial charge is 0.460 e. The van der Waals surface area contributed by atoms with Gasteiger partial charge in [0.25, 0.3) is 0 Å². The molecule has 1 saturated heterocycles. The van der Waals surface area contributed by atoms with E-state index in [4.69, 9.17) is 27.9 Å². The quantitative estimate of drug-likeness (QED) is 0.373. The first kappa shape index (κ1) is 18.9. The van der Waals surface area contributed by atoms with Crippen LogP contribution in [0.5, 0.6) is 0 Å². The number of benzene rings is 1. The molecule has 1 aliphatic rings. The van der Waals surface area contributed by atoms with E-state index in [1.165, 1.54) is 0 Å². The summed E-state index contributed by atoms with van der Waals surface area (Å²) in [5.74, 6) is 0.807. The van der Waals surface area contributed by atoms with Crippen LogP contribution in [0.15, 0.2) is 23.3 Å². The SMILES string of the molecule is CCOC(=O)C(=NNc1cc(Cl)ccc1Cl)N1CC(C)CC(C)C1. The second-order valence-corrected chi connectivity index (χ2v) is 7.09. The Hall–Kier alpha value is -1.46. The molecule has 1 heterocycles. The normalized spacial score (nSPS) is 21.5. The number of rotatable bonds is 3. The molecule has 0 aromatic heterocycles. The molecule has 0 amide bonds. The number of carbonyl (C=O) groups is 1. The number of ether oxygens (including phenoxy) is 1. The van der Waals surface area contributed by atoms with E-state index in [9.17, 15) is 4.79 Å². The summed E-state index contributed by atoms with van der Waals surface area (Å²) in [6, 6.07) is 5.04. The van der Waals surface area contributed by atoms with Crippen LogP contribution >= 0.6 is 23.2 Å². The number of amidine groups is 1. The van der Waals surface area contributed by atoms with Gasteiger partial charge in [-0.2, -0.15) is 0 Å². The van der Waals surface area contributed by atoms with Crippen LogP contribution < -0.4 is 5.43 Å². The first-order chi connectivity index (χ1) is 11.4. The Bertz CT molecular complexity index is 612. The summed E-state index contributed by atoms with van der Waals surface area (Å²) in [6.07, 6.45) is 1.14. The summed E-state index contributed by atoms with van der Waals surface area (Å²) in [7, 11) is 0. The number of carbonyl (C=O) groups excluding carboxylic acids is 1. The topological polar surface area (TPSA) is 53.9 Å². The Balaban J connectivity index is 2.24. The van der Waals surface area contributed by atoms with Gasteiger partial charge >= 0.3 is 5.97 Å². The van der Waals surface area contributed by atoms with Gasteiger partial charge in [-0.1, -0.05) is 37.0 Å². The molecule has 7 heteroatoms. The summed E-state index contributed by atoms with van der Waals surface area (Å²) in [4.78, 5) is 14.3. The number of esters is 1. The first-order valence-corrected chi connectivity index (χ1v) is 8.87. The van der Waals surface area contributed by atoms with E-state index >= 15 is 0 Å². The predicted molar refractivity (Wildman–Crippen MR) is 98.7 cm³/mol. The van der Waals surface area contributed by atoms with Gasteiger partial charge in [-0.3, -0.25) is 5.43 Å². The van der Waals surface area contributed by atoms with Crippen molar-refractivity contribution in [2.75, 3.05) is 25.1 Å². The van der Waals surface area contributed by atoms with Crippen LogP contribution in [0.1, 0.15) is 27.2 Å². The van der Waals surface area contributed by atoms with Crippen molar-refractivity contribution in [3.05, 3.63) is 28.2 Å². The molecule has 1 N–H and O–H groups in total. The summed E-state index contributed by atoms with van der Waals surface area (Å²) in [6.45, 7) is 7.96. The van der Waals surface area contributed by atoms with Crippen molar-refractivity contribution in [1.82, 2.24) is 4.90 Å². The number of halogens is 2. The summed E-state index contributed by atoms with van der Waals surface area (Å²) >= 11 is 12.1. The van der Waals surface area contributed by atoms with Crippen molar-refractivity contribution < 1.29 is 9.53 Å². The first-order valence-electron chi connectivity index (χ1n) is 8.11. The standard InChI is InChI=1S/C17H23Cl2N3O2/c1-4-24-17(23)16(22-9-11(2)7-12(3)10-22)21-20-15-8-13(18)5-6-14(15)19/h5-6,8,11-12,20H,4,7,9-10H2,1-3H3. The number of likely N-dealkylation sites (tertiary alicyclic amines) is 1. The Morgan fingerprint density at radius 1 is 1.33 bits per heavy atom. The molecule has 1 aromatic carbocycles. The van der Waals surface area contributed by atoms with E-state index in [1.807, 2.05) is 4.90 Å². The zero-order valence-corrected chi connectivity index (χ0v) is 15.7. The molecule has 1 aliphatic heterocycles. The molecular formula is C17H23Cl2N3O2. The second kappa shape index (κ2) is 8.58. The number of nitrogens with one attached hydrogen (secondary N) is 1. The lowest BCUT2D eigenvalue weighted by Crippen LogP contribution is -2.46. The Kier molecular flexibility index (Phi) is 6.75. The summed E-state index contributed by atoms with van der Waals surface area (Å²) in [5, 5.41) is 5.30. The zero-order valence-electron chi connectivity index (χ0n) is 14.2. The minimum atomic E-state index is -0.440. The van der Waals surface area contributed by atoms with Crippen LogP contribution in [0, 0.1) is 11.8 Å². The van der Waals surface area contributed by atoms with Gasteiger partial charge in [-0.25, -0.2) is 4.79 Å². The van der Waals surface area contributed by atoms with E-state index in [1.54, 1.807) is 25.1 Å². The van der Waals surface area contributed by atoms with Gasteiger partial charge in [0, 0.05) is 18.1 Å². The summed E-state index contributed by atoms with van der Waals surface area (Å²) in [5.41, 5.74) is 3.39. The van der Waals surface area contributed by atoms with Crippen LogP contribution in [-0.2, 0) is 9.53 Å². The van der Waals surface area contributed by atoms with Crippen LogP contribution in [0.3, 0.4) is 0 Å². The van der Waals surface area contributed by atoms with Crippen molar-refractivity contribution >= 4 is 40.7 Å². The van der Waals surface area contributed by atoms with Gasteiger partial charge in [0.2, 0.25) is 5.84 Å². The molecule has 2 rings (SSSR count). The van der Waals surface area contributed by atoms with Crippen molar-refractivity contribution in [3.8, 4) is 0 Å². The molecule has 5 nitrogen and oxygen atoms in total. The number of hydrazone groups is 1. The Morgan fingerprint density at radius 2 is 2.00 bits per heavy atom. The lowest BCUT2D eigenvalue weighted by Gasteiger charge is -2.36. The number of anilines is 1. The highest BCUT2D eigenvalue weighted by molar-refractivity contribution is 6.36. The van der Waals surface area contributed by atoms with Crippen molar-refractivity contribution in [2.24, 2.45) is 16.9 Å². The van der Waals surface area contributed by atoms with Gasteiger partial charge in [0.05, 0.1) is 17.3 Å². The number of hydrogen-bond donors (Lipinski definition) is 1. The van der Waals surface area contributed by atoms with Gasteiger partial charge in [-0.15, -0.1) is 5.10 Å². The molecule has 0 aliphatic carbocycles. The van der Waals surface area contributed by atoms with Crippen LogP contribution in [0.25, 0.3) is 0 Å². The molecule has 1 fully saturated rings. The van der Waals surface area contributed by atoms with Crippen molar-refractivity contribution in [2.45, 2.75) is 27.2 Å². The molecule has 2 unspecified atom stereocenters. The lowest BCUT2D eigenvalue weighted by atomic mass is 9.92. The molecule has 0 saturated carbocycles. The van der Waals surface area contributed by atoms with E-state index in [0.29, 0.717) is 34.2 Å². The molecule has 0 spiro atoms. The molecule has 0 bridgehead atoms. The second-order valence-electron chi connectivity index (χ2n) is 6.24. The Morgan fingerprint density at radius 3 is 2.62 bits per heavy atom. The lowest BCUT2D eigenvalue weighted by molar-refractivity contribution is -0.136. The highest BCUT2D eigenvalue weighted by atomic mass is 35.5. The number of hydrogen-bond acceptors (Lipinski definition) is 4. The van der Waals surface area contributed by atoms with E-state index in [0.717, 1.165) is 19.5 Å². The van der Waals surface area contributed by atoms with Gasteiger partial charge in [0.15, 0.2) is 0 Å². The fraction of sp³-hybridized carbons (Fsp3) is 0.529. The minimum absolute atomic E-state index is 0.270. The fourth-order valence-corrected chi connectivity index (χ4v) is 3.31. The fourth-order valence-electron chi connectivity index (χ4n) is 2.97. The molecule has 132 valence electrons. The summed E-state index contributed by atoms with van der Waals surface area (Å²) < 4.78 is 5.16. The van der Waals surface area contributed by atoms with Gasteiger partial charge in [0.1, 0.15) is 0 Å². The van der Waals surface area contributed by atoms with E-state index < -0.39 is 5.97 Å². The Labute approximate surface area is 152 Å². The maximum absolute atomic E-state index is 12.3. The number of piperidine rings is 1. The average Bonchev–Trinajstić information content (AvgIpc) is 2.50. The molecule has 0 radical (unpaired) electrons. The molecule has 2 atom stereocenters. The molecule has 1 aromatic rings. The third kappa shape index (κ3) is 5.02. The highest BCUT2D eigenvalue weighted by Gasteiger charge is 2.28. The van der Waals surface area contributed by atoms with Gasteiger partial charge in [-0.05, 0) is 43.4 Å². The third-order valence-corrected chi connectivity index (χ3v) is 4.40.